The summed E-state index contributed by atoms with van der Waals surface area (Å²) in [6, 6.07) is 38.3. The first-order valence-corrected chi connectivity index (χ1v) is 11.8. The normalized spacial score (nSPS) is 10.8. The minimum atomic E-state index is 0.744. The Bertz CT molecular complexity index is 1450. The van der Waals surface area contributed by atoms with Gasteiger partial charge in [0.2, 0.25) is 0 Å². The van der Waals surface area contributed by atoms with Gasteiger partial charge >= 0.3 is 0 Å². The van der Waals surface area contributed by atoms with Crippen LogP contribution in [-0.2, 0) is 6.54 Å². The Morgan fingerprint density at radius 1 is 0.657 bits per heavy atom. The summed E-state index contributed by atoms with van der Waals surface area (Å²) >= 11 is 0. The maximum Gasteiger partial charge on any atom is 0.133 e. The Balaban J connectivity index is 1.81. The summed E-state index contributed by atoms with van der Waals surface area (Å²) in [4.78, 5) is 2.39. The SMILES string of the molecule is COc1ccc(-c2c(N(Cc3ccccc3)c3ccccc3)ccc3ccccc23)c(OC)c1C. The minimum Gasteiger partial charge on any atom is -0.496 e. The molecule has 0 spiro atoms. The van der Waals surface area contributed by atoms with Crippen molar-refractivity contribution in [3.05, 3.63) is 120 Å². The molecule has 0 N–H and O–H groups in total. The quantitative estimate of drug-likeness (QED) is 0.245. The predicted molar refractivity (Wildman–Crippen MR) is 146 cm³/mol. The Morgan fingerprint density at radius 2 is 1.34 bits per heavy atom. The average Bonchev–Trinajstić information content (AvgIpc) is 2.92. The third kappa shape index (κ3) is 4.33. The first kappa shape index (κ1) is 22.5. The van der Waals surface area contributed by atoms with Crippen molar-refractivity contribution in [2.75, 3.05) is 19.1 Å². The van der Waals surface area contributed by atoms with Gasteiger partial charge in [-0.15, -0.1) is 0 Å². The van der Waals surface area contributed by atoms with E-state index in [1.54, 1.807) is 14.2 Å². The number of anilines is 2. The van der Waals surface area contributed by atoms with E-state index in [4.69, 9.17) is 9.47 Å². The molecule has 0 saturated heterocycles. The van der Waals surface area contributed by atoms with Gasteiger partial charge in [-0.1, -0.05) is 78.9 Å². The van der Waals surface area contributed by atoms with Gasteiger partial charge in [-0.25, -0.2) is 0 Å². The summed E-state index contributed by atoms with van der Waals surface area (Å²) < 4.78 is 11.6. The van der Waals surface area contributed by atoms with E-state index in [0.29, 0.717) is 0 Å². The number of rotatable bonds is 7. The minimum absolute atomic E-state index is 0.744. The summed E-state index contributed by atoms with van der Waals surface area (Å²) in [6.07, 6.45) is 0. The first-order valence-electron chi connectivity index (χ1n) is 11.8. The van der Waals surface area contributed by atoms with E-state index in [0.717, 1.165) is 46.1 Å². The zero-order chi connectivity index (χ0) is 24.2. The standard InChI is InChI=1S/C32H29NO2/c1-23-30(34-2)21-19-28(32(23)35-3)31-27-17-11-10-14-25(27)18-20-29(31)33(26-15-8-5-9-16-26)22-24-12-6-4-7-13-24/h4-21H,22H2,1-3H3. The molecule has 3 heteroatoms. The molecule has 0 aliphatic heterocycles. The molecule has 3 nitrogen and oxygen atoms in total. The van der Waals surface area contributed by atoms with Crippen LogP contribution in [0.3, 0.4) is 0 Å². The molecule has 0 aliphatic rings. The van der Waals surface area contributed by atoms with Crippen molar-refractivity contribution in [2.24, 2.45) is 0 Å². The number of benzene rings is 5. The number of fused-ring (bicyclic) bond motifs is 1. The van der Waals surface area contributed by atoms with E-state index < -0.39 is 0 Å². The fourth-order valence-corrected chi connectivity index (χ4v) is 4.81. The van der Waals surface area contributed by atoms with Crippen LogP contribution < -0.4 is 14.4 Å². The van der Waals surface area contributed by atoms with Gasteiger partial charge in [0.1, 0.15) is 11.5 Å². The molecule has 0 radical (unpaired) electrons. The van der Waals surface area contributed by atoms with Crippen LogP contribution in [0.5, 0.6) is 11.5 Å². The second-order valence-electron chi connectivity index (χ2n) is 8.56. The molecule has 35 heavy (non-hydrogen) atoms. The summed E-state index contributed by atoms with van der Waals surface area (Å²) in [5.41, 5.74) is 6.69. The number of methoxy groups -OCH3 is 2. The molecule has 0 bridgehead atoms. The Labute approximate surface area is 207 Å². The van der Waals surface area contributed by atoms with Crippen molar-refractivity contribution >= 4 is 22.1 Å². The highest BCUT2D eigenvalue weighted by molar-refractivity contribution is 6.05. The van der Waals surface area contributed by atoms with Crippen LogP contribution in [-0.4, -0.2) is 14.2 Å². The molecule has 5 aromatic rings. The topological polar surface area (TPSA) is 21.7 Å². The monoisotopic (exact) mass is 459 g/mol. The van der Waals surface area contributed by atoms with Crippen LogP contribution in [0.2, 0.25) is 0 Å². The zero-order valence-electron chi connectivity index (χ0n) is 20.4. The number of nitrogens with zero attached hydrogens (tertiary/aromatic N) is 1. The van der Waals surface area contributed by atoms with Crippen LogP contribution in [0.4, 0.5) is 11.4 Å². The van der Waals surface area contributed by atoms with E-state index in [1.165, 1.54) is 16.3 Å². The van der Waals surface area contributed by atoms with Crippen molar-refractivity contribution < 1.29 is 9.47 Å². The highest BCUT2D eigenvalue weighted by Gasteiger charge is 2.22. The summed E-state index contributed by atoms with van der Waals surface area (Å²) in [5, 5.41) is 2.37. The molecule has 5 rings (SSSR count). The van der Waals surface area contributed by atoms with E-state index >= 15 is 0 Å². The van der Waals surface area contributed by atoms with Crippen molar-refractivity contribution in [1.29, 1.82) is 0 Å². The number of ether oxygens (including phenoxy) is 2. The van der Waals surface area contributed by atoms with Gasteiger partial charge in [-0.05, 0) is 53.6 Å². The second kappa shape index (κ2) is 9.94. The molecule has 0 atom stereocenters. The molecule has 0 saturated carbocycles. The van der Waals surface area contributed by atoms with Gasteiger partial charge in [0, 0.05) is 28.9 Å². The lowest BCUT2D eigenvalue weighted by Crippen LogP contribution is -2.17. The van der Waals surface area contributed by atoms with Gasteiger partial charge in [0.05, 0.1) is 19.9 Å². The van der Waals surface area contributed by atoms with Crippen LogP contribution in [0.15, 0.2) is 109 Å². The van der Waals surface area contributed by atoms with Crippen molar-refractivity contribution in [3.8, 4) is 22.6 Å². The van der Waals surface area contributed by atoms with Crippen LogP contribution in [0.1, 0.15) is 11.1 Å². The third-order valence-electron chi connectivity index (χ3n) is 6.50. The van der Waals surface area contributed by atoms with Crippen LogP contribution in [0, 0.1) is 6.92 Å². The molecule has 0 aromatic heterocycles. The number of hydrogen-bond acceptors (Lipinski definition) is 3. The van der Waals surface area contributed by atoms with Crippen molar-refractivity contribution in [3.63, 3.8) is 0 Å². The number of para-hydroxylation sites is 1. The maximum atomic E-state index is 5.98. The zero-order valence-corrected chi connectivity index (χ0v) is 20.4. The van der Waals surface area contributed by atoms with Gasteiger partial charge in [0.25, 0.3) is 0 Å². The molecule has 0 fully saturated rings. The van der Waals surface area contributed by atoms with Crippen molar-refractivity contribution in [2.45, 2.75) is 13.5 Å². The van der Waals surface area contributed by atoms with Gasteiger partial charge in [-0.2, -0.15) is 0 Å². The highest BCUT2D eigenvalue weighted by Crippen LogP contribution is 2.46. The lowest BCUT2D eigenvalue weighted by molar-refractivity contribution is 0.390. The summed E-state index contributed by atoms with van der Waals surface area (Å²) in [7, 11) is 3.43. The van der Waals surface area contributed by atoms with E-state index in [2.05, 4.69) is 108 Å². The maximum absolute atomic E-state index is 5.98. The lowest BCUT2D eigenvalue weighted by Gasteiger charge is -2.29. The Kier molecular flexibility index (Phi) is 6.40. The number of hydrogen-bond donors (Lipinski definition) is 0. The van der Waals surface area contributed by atoms with Crippen molar-refractivity contribution in [1.82, 2.24) is 0 Å². The highest BCUT2D eigenvalue weighted by atomic mass is 16.5. The van der Waals surface area contributed by atoms with E-state index in [9.17, 15) is 0 Å². The molecular weight excluding hydrogens is 430 g/mol. The average molecular weight is 460 g/mol. The molecule has 0 amide bonds. The second-order valence-corrected chi connectivity index (χ2v) is 8.56. The molecule has 0 heterocycles. The van der Waals surface area contributed by atoms with Crippen LogP contribution in [0.25, 0.3) is 21.9 Å². The smallest absolute Gasteiger partial charge is 0.133 e. The van der Waals surface area contributed by atoms with Crippen LogP contribution >= 0.6 is 0 Å². The third-order valence-corrected chi connectivity index (χ3v) is 6.50. The molecule has 0 aliphatic carbocycles. The first-order chi connectivity index (χ1) is 17.2. The largest absolute Gasteiger partial charge is 0.496 e. The van der Waals surface area contributed by atoms with E-state index in [1.807, 2.05) is 13.0 Å². The van der Waals surface area contributed by atoms with Gasteiger partial charge in [-0.3, -0.25) is 0 Å². The lowest BCUT2D eigenvalue weighted by atomic mass is 9.93. The summed E-state index contributed by atoms with van der Waals surface area (Å²) in [6.45, 7) is 2.79. The molecule has 0 unspecified atom stereocenters. The Morgan fingerprint density at radius 3 is 2.06 bits per heavy atom. The Hall–Kier alpha value is -4.24. The molecule has 174 valence electrons. The molecule has 5 aromatic carbocycles. The fourth-order valence-electron chi connectivity index (χ4n) is 4.81. The predicted octanol–water partition coefficient (Wildman–Crippen LogP) is 8.17. The van der Waals surface area contributed by atoms with E-state index in [-0.39, 0.29) is 0 Å². The summed E-state index contributed by atoms with van der Waals surface area (Å²) in [5.74, 6) is 1.64. The molecular formula is C32H29NO2. The van der Waals surface area contributed by atoms with Gasteiger partial charge < -0.3 is 14.4 Å². The van der Waals surface area contributed by atoms with Gasteiger partial charge in [0.15, 0.2) is 0 Å². The fraction of sp³-hybridized carbons (Fsp3) is 0.125.